The van der Waals surface area contributed by atoms with E-state index in [1.165, 1.54) is 6.26 Å². The zero-order valence-corrected chi connectivity index (χ0v) is 5.57. The molecule has 56 valence electrons. The normalized spacial score (nSPS) is 24.5. The maximum absolute atomic E-state index is 10.3. The summed E-state index contributed by atoms with van der Waals surface area (Å²) >= 11 is 0. The first-order valence-corrected chi connectivity index (χ1v) is 2.93. The molecule has 0 saturated carbocycles. The second-order valence-corrected chi connectivity index (χ2v) is 1.71. The lowest BCUT2D eigenvalue weighted by molar-refractivity contribution is -0.0278. The third-order valence-electron chi connectivity index (χ3n) is 0.931. The Labute approximate surface area is 58.4 Å². The molecule has 0 aromatic heterocycles. The molecule has 1 aliphatic rings. The molecule has 0 bridgehead atoms. The van der Waals surface area contributed by atoms with Gasteiger partial charge in [-0.1, -0.05) is 6.08 Å². The molecule has 1 aliphatic heterocycles. The Bertz CT molecular complexity index is 152. The van der Waals surface area contributed by atoms with Gasteiger partial charge in [0.2, 0.25) is 0 Å². The largest absolute Gasteiger partial charge is 0.511 e. The van der Waals surface area contributed by atoms with Gasteiger partial charge < -0.3 is 14.2 Å². The number of rotatable bonds is 2. The molecule has 0 aromatic carbocycles. The first kappa shape index (κ1) is 6.92. The van der Waals surface area contributed by atoms with E-state index in [1.807, 2.05) is 0 Å². The number of allylic oxidation sites excluding steroid dienone is 1. The van der Waals surface area contributed by atoms with Gasteiger partial charge in [-0.15, -0.1) is 0 Å². The number of hydrogen-bond donors (Lipinski definition) is 0. The van der Waals surface area contributed by atoms with Crippen LogP contribution >= 0.6 is 0 Å². The Morgan fingerprint density at radius 1 is 1.80 bits per heavy atom. The predicted molar refractivity (Wildman–Crippen MR) is 32.1 cm³/mol. The highest BCUT2D eigenvalue weighted by Gasteiger charge is 2.24. The highest BCUT2D eigenvalue weighted by Crippen LogP contribution is 2.06. The van der Waals surface area contributed by atoms with Crippen molar-refractivity contribution in [3.8, 4) is 0 Å². The van der Waals surface area contributed by atoms with Crippen LogP contribution in [0.2, 0.25) is 0 Å². The Hall–Kier alpha value is -1.19. The van der Waals surface area contributed by atoms with Crippen molar-refractivity contribution in [3.05, 3.63) is 12.3 Å². The first-order valence-electron chi connectivity index (χ1n) is 2.93. The van der Waals surface area contributed by atoms with E-state index >= 15 is 0 Å². The molecule has 1 saturated heterocycles. The van der Waals surface area contributed by atoms with Gasteiger partial charge in [-0.25, -0.2) is 4.79 Å². The molecule has 1 rings (SSSR count). The summed E-state index contributed by atoms with van der Waals surface area (Å²) in [6.07, 6.45) is 1.91. The van der Waals surface area contributed by atoms with Crippen LogP contribution in [0.15, 0.2) is 12.3 Å². The van der Waals surface area contributed by atoms with Gasteiger partial charge in [0.05, 0.1) is 6.26 Å². The number of ether oxygens (including phenoxy) is 3. The van der Waals surface area contributed by atoms with Crippen molar-refractivity contribution < 1.29 is 19.0 Å². The second kappa shape index (κ2) is 3.10. The van der Waals surface area contributed by atoms with E-state index < -0.39 is 12.4 Å². The smallest absolute Gasteiger partial charge is 0.459 e. The molecule has 0 amide bonds. The third kappa shape index (κ3) is 1.65. The zero-order valence-electron chi connectivity index (χ0n) is 5.57. The molecule has 1 fully saturated rings. The van der Waals surface area contributed by atoms with Crippen LogP contribution in [0.1, 0.15) is 6.92 Å². The fourth-order valence-electron chi connectivity index (χ4n) is 0.545. The maximum atomic E-state index is 10.3. The second-order valence-electron chi connectivity index (χ2n) is 1.71. The number of carbonyl (C=O) groups excluding carboxylic acids is 1. The Morgan fingerprint density at radius 2 is 2.60 bits per heavy atom. The molecule has 4 heteroatoms. The van der Waals surface area contributed by atoms with Gasteiger partial charge in [0.1, 0.15) is 0 Å². The number of carbonyl (C=O) groups is 1. The Morgan fingerprint density at radius 3 is 3.10 bits per heavy atom. The van der Waals surface area contributed by atoms with E-state index in [2.05, 4.69) is 9.47 Å². The van der Waals surface area contributed by atoms with Crippen LogP contribution in [0.5, 0.6) is 0 Å². The highest BCUT2D eigenvalue weighted by molar-refractivity contribution is 5.61. The van der Waals surface area contributed by atoms with Crippen LogP contribution < -0.4 is 0 Å². The fraction of sp³-hybridized carbons (Fsp3) is 0.500. The summed E-state index contributed by atoms with van der Waals surface area (Å²) in [7, 11) is 0. The van der Waals surface area contributed by atoms with E-state index in [0.29, 0.717) is 0 Å². The lowest BCUT2D eigenvalue weighted by atomic mass is 10.7. The molecule has 0 radical (unpaired) electrons. The van der Waals surface area contributed by atoms with Crippen molar-refractivity contribution in [3.63, 3.8) is 0 Å². The summed E-state index contributed by atoms with van der Waals surface area (Å²) in [4.78, 5) is 10.3. The predicted octanol–water partition coefficient (Wildman–Crippen LogP) is 1.03. The van der Waals surface area contributed by atoms with Crippen molar-refractivity contribution >= 4 is 6.16 Å². The Kier molecular flexibility index (Phi) is 2.15. The van der Waals surface area contributed by atoms with E-state index in [0.717, 1.165) is 0 Å². The number of hydrogen-bond acceptors (Lipinski definition) is 4. The molecule has 1 atom stereocenters. The van der Waals surface area contributed by atoms with Gasteiger partial charge in [-0.05, 0) is 6.92 Å². The average Bonchev–Trinajstić information content (AvgIpc) is 2.31. The van der Waals surface area contributed by atoms with E-state index in [4.69, 9.17) is 4.74 Å². The van der Waals surface area contributed by atoms with Crippen LogP contribution in [-0.2, 0) is 14.2 Å². The van der Waals surface area contributed by atoms with Crippen molar-refractivity contribution in [2.24, 2.45) is 0 Å². The minimum atomic E-state index is -0.672. The average molecular weight is 144 g/mol. The van der Waals surface area contributed by atoms with Crippen LogP contribution in [0.25, 0.3) is 0 Å². The lowest BCUT2D eigenvalue weighted by Gasteiger charge is -2.02. The van der Waals surface area contributed by atoms with Gasteiger partial charge in [-0.2, -0.15) is 0 Å². The quantitative estimate of drug-likeness (QED) is 0.429. The van der Waals surface area contributed by atoms with Gasteiger partial charge in [-0.3, -0.25) is 0 Å². The summed E-state index contributed by atoms with van der Waals surface area (Å²) in [5, 5.41) is 0. The van der Waals surface area contributed by atoms with Gasteiger partial charge >= 0.3 is 6.16 Å². The van der Waals surface area contributed by atoms with Crippen molar-refractivity contribution in [2.75, 3.05) is 6.61 Å². The van der Waals surface area contributed by atoms with Crippen molar-refractivity contribution in [2.45, 2.75) is 13.2 Å². The Balaban J connectivity index is 2.24. The number of cyclic esters (lactones) is 2. The van der Waals surface area contributed by atoms with Gasteiger partial charge in [0.25, 0.3) is 6.29 Å². The minimum absolute atomic E-state index is 0.170. The van der Waals surface area contributed by atoms with Crippen molar-refractivity contribution in [1.29, 1.82) is 0 Å². The van der Waals surface area contributed by atoms with Crippen LogP contribution in [0.4, 0.5) is 4.79 Å². The van der Waals surface area contributed by atoms with Gasteiger partial charge in [0, 0.05) is 0 Å². The third-order valence-corrected chi connectivity index (χ3v) is 0.931. The summed E-state index contributed by atoms with van der Waals surface area (Å²) in [5.74, 6) is 0. The molecule has 4 nitrogen and oxygen atoms in total. The highest BCUT2D eigenvalue weighted by atomic mass is 16.8. The topological polar surface area (TPSA) is 44.8 Å². The van der Waals surface area contributed by atoms with Crippen LogP contribution in [0, 0.1) is 0 Å². The molecule has 0 spiro atoms. The van der Waals surface area contributed by atoms with Crippen LogP contribution in [-0.4, -0.2) is 19.1 Å². The zero-order chi connectivity index (χ0) is 7.40. The molecule has 1 unspecified atom stereocenters. The molecule has 0 aromatic rings. The maximum Gasteiger partial charge on any atom is 0.511 e. The van der Waals surface area contributed by atoms with E-state index in [-0.39, 0.29) is 6.61 Å². The fourth-order valence-corrected chi connectivity index (χ4v) is 0.545. The summed E-state index contributed by atoms with van der Waals surface area (Å²) < 4.78 is 13.8. The SMILES string of the molecule is CC=COC1COC(=O)O1. The summed E-state index contributed by atoms with van der Waals surface area (Å²) in [5.41, 5.74) is 0. The lowest BCUT2D eigenvalue weighted by Crippen LogP contribution is -2.10. The molecule has 0 aliphatic carbocycles. The standard InChI is InChI=1S/C6H8O4/c1-2-3-8-5-4-9-6(7)10-5/h2-3,5H,4H2,1H3. The van der Waals surface area contributed by atoms with E-state index in [1.54, 1.807) is 13.0 Å². The summed E-state index contributed by atoms with van der Waals surface area (Å²) in [6, 6.07) is 0. The first-order chi connectivity index (χ1) is 4.83. The van der Waals surface area contributed by atoms with Crippen molar-refractivity contribution in [1.82, 2.24) is 0 Å². The summed E-state index contributed by atoms with van der Waals surface area (Å²) in [6.45, 7) is 1.97. The van der Waals surface area contributed by atoms with Gasteiger partial charge in [0.15, 0.2) is 6.61 Å². The van der Waals surface area contributed by atoms with E-state index in [9.17, 15) is 4.79 Å². The molecule has 10 heavy (non-hydrogen) atoms. The monoisotopic (exact) mass is 144 g/mol. The minimum Gasteiger partial charge on any atom is -0.459 e. The molecule has 1 heterocycles. The molecular formula is C6H8O4. The molecule has 0 N–H and O–H groups in total. The van der Waals surface area contributed by atoms with Crippen LogP contribution in [0.3, 0.4) is 0 Å². The molecular weight excluding hydrogens is 136 g/mol.